The number of furan rings is 1. The number of hydrogen-bond donors (Lipinski definition) is 1. The van der Waals surface area contributed by atoms with E-state index in [0.717, 1.165) is 31.9 Å². The van der Waals surface area contributed by atoms with E-state index in [1.807, 2.05) is 6.07 Å². The van der Waals surface area contributed by atoms with Gasteiger partial charge in [0.2, 0.25) is 5.76 Å². The van der Waals surface area contributed by atoms with Gasteiger partial charge in [0.05, 0.1) is 13.2 Å². The first-order valence-corrected chi connectivity index (χ1v) is 6.40. The van der Waals surface area contributed by atoms with Crippen molar-refractivity contribution < 1.29 is 13.9 Å². The van der Waals surface area contributed by atoms with E-state index < -0.39 is 5.97 Å². The van der Waals surface area contributed by atoms with Gasteiger partial charge in [0.15, 0.2) is 0 Å². The first-order valence-electron chi connectivity index (χ1n) is 6.40. The van der Waals surface area contributed by atoms with Crippen LogP contribution in [0.5, 0.6) is 0 Å². The highest BCUT2D eigenvalue weighted by atomic mass is 35.5. The van der Waals surface area contributed by atoms with Crippen LogP contribution in [-0.2, 0) is 11.3 Å². The van der Waals surface area contributed by atoms with E-state index in [0.29, 0.717) is 12.6 Å². The second-order valence-corrected chi connectivity index (χ2v) is 4.58. The Morgan fingerprint density at radius 1 is 1.58 bits per heavy atom. The van der Waals surface area contributed by atoms with Crippen molar-refractivity contribution >= 4 is 18.4 Å². The lowest BCUT2D eigenvalue weighted by Gasteiger charge is -2.31. The van der Waals surface area contributed by atoms with Gasteiger partial charge in [0.1, 0.15) is 5.76 Å². The smallest absolute Gasteiger partial charge is 0.374 e. The largest absolute Gasteiger partial charge is 0.460 e. The number of rotatable bonds is 4. The van der Waals surface area contributed by atoms with Gasteiger partial charge < -0.3 is 14.5 Å². The second-order valence-electron chi connectivity index (χ2n) is 4.58. The van der Waals surface area contributed by atoms with Crippen LogP contribution in [0, 0.1) is 0 Å². The maximum absolute atomic E-state index is 11.5. The number of hydrogen-bond acceptors (Lipinski definition) is 5. The summed E-state index contributed by atoms with van der Waals surface area (Å²) in [7, 11) is 0. The minimum Gasteiger partial charge on any atom is -0.460 e. The summed E-state index contributed by atoms with van der Waals surface area (Å²) in [5.41, 5.74) is 0. The first-order chi connectivity index (χ1) is 8.69. The molecule has 0 spiro atoms. The number of carbonyl (C=O) groups is 1. The average molecular weight is 289 g/mol. The Morgan fingerprint density at radius 3 is 3.05 bits per heavy atom. The SMILES string of the molecule is CCOC(=O)c1ccc(CN2CCN[C@H](C)C2)o1.Cl. The van der Waals surface area contributed by atoms with Gasteiger partial charge in [-0.05, 0) is 26.0 Å². The van der Waals surface area contributed by atoms with Gasteiger partial charge in [-0.15, -0.1) is 12.4 Å². The van der Waals surface area contributed by atoms with Crippen molar-refractivity contribution in [3.05, 3.63) is 23.7 Å². The standard InChI is InChI=1S/C13H20N2O3.ClH/c1-3-17-13(16)12-5-4-11(18-12)9-15-7-6-14-10(2)8-15;/h4-5,10,14H,3,6-9H2,1-2H3;1H/t10-;/m1./s1. The summed E-state index contributed by atoms with van der Waals surface area (Å²) in [6.07, 6.45) is 0. The molecule has 0 saturated carbocycles. The lowest BCUT2D eigenvalue weighted by atomic mass is 10.2. The number of halogens is 1. The lowest BCUT2D eigenvalue weighted by Crippen LogP contribution is -2.48. The molecule has 6 heteroatoms. The minimum absolute atomic E-state index is 0. The minimum atomic E-state index is -0.391. The third-order valence-corrected chi connectivity index (χ3v) is 2.97. The van der Waals surface area contributed by atoms with Crippen molar-refractivity contribution in [2.24, 2.45) is 0 Å². The van der Waals surface area contributed by atoms with Crippen molar-refractivity contribution in [2.75, 3.05) is 26.2 Å². The fourth-order valence-corrected chi connectivity index (χ4v) is 2.15. The lowest BCUT2D eigenvalue weighted by molar-refractivity contribution is 0.0485. The third-order valence-electron chi connectivity index (χ3n) is 2.97. The normalized spacial score (nSPS) is 19.8. The van der Waals surface area contributed by atoms with Crippen LogP contribution < -0.4 is 5.32 Å². The second kappa shape index (κ2) is 7.53. The van der Waals surface area contributed by atoms with E-state index in [4.69, 9.17) is 9.15 Å². The van der Waals surface area contributed by atoms with E-state index in [1.165, 1.54) is 0 Å². The van der Waals surface area contributed by atoms with Gasteiger partial charge in [-0.25, -0.2) is 4.79 Å². The average Bonchev–Trinajstić information content (AvgIpc) is 2.78. The fourth-order valence-electron chi connectivity index (χ4n) is 2.15. The molecular weight excluding hydrogens is 268 g/mol. The zero-order valence-electron chi connectivity index (χ0n) is 11.3. The molecule has 0 aromatic carbocycles. The molecule has 0 aliphatic carbocycles. The molecule has 2 rings (SSSR count). The Hall–Kier alpha value is -1.04. The van der Waals surface area contributed by atoms with E-state index in [-0.39, 0.29) is 18.2 Å². The first kappa shape index (κ1) is 16.0. The van der Waals surface area contributed by atoms with Crippen LogP contribution in [0.2, 0.25) is 0 Å². The molecule has 0 amide bonds. The number of piperazine rings is 1. The quantitative estimate of drug-likeness (QED) is 0.854. The predicted molar refractivity (Wildman–Crippen MR) is 74.7 cm³/mol. The Morgan fingerprint density at radius 2 is 2.37 bits per heavy atom. The van der Waals surface area contributed by atoms with Crippen molar-refractivity contribution in [1.29, 1.82) is 0 Å². The molecule has 0 radical (unpaired) electrons. The van der Waals surface area contributed by atoms with Gasteiger partial charge in [0, 0.05) is 25.7 Å². The number of esters is 1. The van der Waals surface area contributed by atoms with Gasteiger partial charge in [0.25, 0.3) is 0 Å². The van der Waals surface area contributed by atoms with Crippen molar-refractivity contribution in [3.8, 4) is 0 Å². The van der Waals surface area contributed by atoms with E-state index in [2.05, 4.69) is 17.1 Å². The summed E-state index contributed by atoms with van der Waals surface area (Å²) in [4.78, 5) is 13.8. The van der Waals surface area contributed by atoms with E-state index in [9.17, 15) is 4.79 Å². The van der Waals surface area contributed by atoms with Gasteiger partial charge in [-0.3, -0.25) is 4.90 Å². The Kier molecular flexibility index (Phi) is 6.34. The van der Waals surface area contributed by atoms with Crippen LogP contribution in [0.4, 0.5) is 0 Å². The number of carbonyl (C=O) groups excluding carboxylic acids is 1. The van der Waals surface area contributed by atoms with Gasteiger partial charge in [-0.2, -0.15) is 0 Å². The summed E-state index contributed by atoms with van der Waals surface area (Å²) in [5, 5.41) is 3.39. The van der Waals surface area contributed by atoms with Crippen LogP contribution in [0.15, 0.2) is 16.5 Å². The zero-order chi connectivity index (χ0) is 13.0. The van der Waals surface area contributed by atoms with E-state index in [1.54, 1.807) is 13.0 Å². The molecule has 1 aromatic heterocycles. The van der Waals surface area contributed by atoms with Gasteiger partial charge >= 0.3 is 5.97 Å². The van der Waals surface area contributed by atoms with Crippen molar-refractivity contribution in [3.63, 3.8) is 0 Å². The number of ether oxygens (including phenoxy) is 1. The molecule has 1 N–H and O–H groups in total. The highest BCUT2D eigenvalue weighted by Crippen LogP contribution is 2.13. The predicted octanol–water partition coefficient (Wildman–Crippen LogP) is 1.67. The molecule has 0 bridgehead atoms. The highest BCUT2D eigenvalue weighted by Gasteiger charge is 2.18. The molecule has 19 heavy (non-hydrogen) atoms. The Labute approximate surface area is 119 Å². The van der Waals surface area contributed by atoms with E-state index >= 15 is 0 Å². The Bertz CT molecular complexity index is 408. The number of nitrogens with one attached hydrogen (secondary N) is 1. The molecule has 1 aliphatic heterocycles. The molecule has 1 aromatic rings. The zero-order valence-corrected chi connectivity index (χ0v) is 12.2. The molecule has 1 atom stereocenters. The summed E-state index contributed by atoms with van der Waals surface area (Å²) in [6.45, 7) is 8.04. The number of nitrogens with zero attached hydrogens (tertiary/aromatic N) is 1. The molecule has 0 unspecified atom stereocenters. The molecule has 2 heterocycles. The van der Waals surface area contributed by atoms with Crippen LogP contribution >= 0.6 is 12.4 Å². The molecule has 1 saturated heterocycles. The summed E-state index contributed by atoms with van der Waals surface area (Å²) in [6, 6.07) is 4.02. The van der Waals surface area contributed by atoms with Crippen LogP contribution in [0.1, 0.15) is 30.2 Å². The molecule has 1 fully saturated rings. The Balaban J connectivity index is 0.00000180. The maximum atomic E-state index is 11.5. The van der Waals surface area contributed by atoms with Crippen LogP contribution in [0.25, 0.3) is 0 Å². The topological polar surface area (TPSA) is 54.7 Å². The summed E-state index contributed by atoms with van der Waals surface area (Å²) >= 11 is 0. The van der Waals surface area contributed by atoms with Crippen molar-refractivity contribution in [2.45, 2.75) is 26.4 Å². The van der Waals surface area contributed by atoms with Crippen LogP contribution in [-0.4, -0.2) is 43.2 Å². The molecular formula is C13H21ClN2O3. The maximum Gasteiger partial charge on any atom is 0.374 e. The summed E-state index contributed by atoms with van der Waals surface area (Å²) in [5.74, 6) is 0.708. The molecule has 108 valence electrons. The van der Waals surface area contributed by atoms with Gasteiger partial charge in [-0.1, -0.05) is 0 Å². The highest BCUT2D eigenvalue weighted by molar-refractivity contribution is 5.86. The molecule has 1 aliphatic rings. The van der Waals surface area contributed by atoms with Crippen molar-refractivity contribution in [1.82, 2.24) is 10.2 Å². The third kappa shape index (κ3) is 4.53. The summed E-state index contributed by atoms with van der Waals surface area (Å²) < 4.78 is 10.4. The monoisotopic (exact) mass is 288 g/mol. The molecule has 5 nitrogen and oxygen atoms in total. The van der Waals surface area contributed by atoms with Crippen LogP contribution in [0.3, 0.4) is 0 Å². The fraction of sp³-hybridized carbons (Fsp3) is 0.615.